The molecular weight excluding hydrogens is 264 g/mol. The van der Waals surface area contributed by atoms with E-state index in [1.165, 1.54) is 70.6 Å². The molecule has 120 valence electrons. The quantitative estimate of drug-likeness (QED) is 0.177. The molecule has 0 bridgehead atoms. The van der Waals surface area contributed by atoms with Crippen molar-refractivity contribution in [3.8, 4) is 0 Å². The summed E-state index contributed by atoms with van der Waals surface area (Å²) in [4.78, 5) is -0.0962. The molecule has 20 heavy (non-hydrogen) atoms. The van der Waals surface area contributed by atoms with Gasteiger partial charge in [0.1, 0.15) is 0 Å². The lowest BCUT2D eigenvalue weighted by atomic mass is 9.87. The molecule has 0 aliphatic carbocycles. The normalized spacial score (nSPS) is 15.8. The molecule has 0 heterocycles. The molecular formula is C19H37Cl. The molecule has 0 aliphatic rings. The summed E-state index contributed by atoms with van der Waals surface area (Å²) in [6.07, 6.45) is 18.2. The van der Waals surface area contributed by atoms with Gasteiger partial charge in [-0.2, -0.15) is 0 Å². The maximum absolute atomic E-state index is 6.54. The molecule has 0 spiro atoms. The molecule has 0 amide bonds. The predicted molar refractivity (Wildman–Crippen MR) is 94.7 cm³/mol. The third-order valence-electron chi connectivity index (χ3n) is 4.56. The lowest BCUT2D eigenvalue weighted by molar-refractivity contribution is 0.380. The highest BCUT2D eigenvalue weighted by atomic mass is 35.5. The Hall–Kier alpha value is 0.0300. The van der Waals surface area contributed by atoms with E-state index in [-0.39, 0.29) is 4.87 Å². The van der Waals surface area contributed by atoms with E-state index < -0.39 is 0 Å². The van der Waals surface area contributed by atoms with Crippen molar-refractivity contribution in [2.45, 2.75) is 103 Å². The van der Waals surface area contributed by atoms with Crippen LogP contribution in [0.2, 0.25) is 0 Å². The van der Waals surface area contributed by atoms with Crippen molar-refractivity contribution in [1.29, 1.82) is 0 Å². The van der Waals surface area contributed by atoms with Crippen LogP contribution < -0.4 is 0 Å². The summed E-state index contributed by atoms with van der Waals surface area (Å²) in [5.41, 5.74) is 0. The number of allylic oxidation sites excluding steroid dienone is 1. The van der Waals surface area contributed by atoms with Crippen LogP contribution in [0.15, 0.2) is 12.7 Å². The van der Waals surface area contributed by atoms with Crippen LogP contribution in [0.25, 0.3) is 0 Å². The average Bonchev–Trinajstić information content (AvgIpc) is 2.40. The summed E-state index contributed by atoms with van der Waals surface area (Å²) in [5.74, 6) is 0.580. The Bertz CT molecular complexity index is 220. The second-order valence-electron chi connectivity index (χ2n) is 6.64. The zero-order valence-corrected chi connectivity index (χ0v) is 15.0. The first-order chi connectivity index (χ1) is 9.54. The molecule has 0 N–H and O–H groups in total. The Morgan fingerprint density at radius 1 is 0.950 bits per heavy atom. The molecule has 0 aromatic carbocycles. The van der Waals surface area contributed by atoms with Gasteiger partial charge in [-0.25, -0.2) is 0 Å². The molecule has 1 heteroatoms. The Labute approximate surface area is 133 Å². The van der Waals surface area contributed by atoms with Crippen molar-refractivity contribution in [3.05, 3.63) is 12.7 Å². The minimum atomic E-state index is -0.0962. The number of alkyl halides is 1. The molecule has 2 unspecified atom stereocenters. The van der Waals surface area contributed by atoms with Crippen molar-refractivity contribution in [2.24, 2.45) is 5.92 Å². The van der Waals surface area contributed by atoms with Crippen LogP contribution in [-0.4, -0.2) is 4.87 Å². The summed E-state index contributed by atoms with van der Waals surface area (Å²) in [6.45, 7) is 10.5. The van der Waals surface area contributed by atoms with Gasteiger partial charge in [0.05, 0.1) is 0 Å². The minimum Gasteiger partial charge on any atom is -0.119 e. The first-order valence-corrected chi connectivity index (χ1v) is 9.22. The van der Waals surface area contributed by atoms with Gasteiger partial charge < -0.3 is 0 Å². The van der Waals surface area contributed by atoms with Gasteiger partial charge in [0, 0.05) is 4.87 Å². The molecule has 0 aliphatic heterocycles. The van der Waals surface area contributed by atoms with Crippen LogP contribution in [0.4, 0.5) is 0 Å². The second-order valence-corrected chi connectivity index (χ2v) is 7.51. The summed E-state index contributed by atoms with van der Waals surface area (Å²) >= 11 is 6.54. The van der Waals surface area contributed by atoms with Crippen LogP contribution in [0.5, 0.6) is 0 Å². The molecule has 0 aromatic rings. The van der Waals surface area contributed by atoms with E-state index in [4.69, 9.17) is 11.6 Å². The maximum atomic E-state index is 6.54. The molecule has 0 aromatic heterocycles. The van der Waals surface area contributed by atoms with Crippen molar-refractivity contribution >= 4 is 11.6 Å². The number of hydrogen-bond acceptors (Lipinski definition) is 0. The topological polar surface area (TPSA) is 0 Å². The van der Waals surface area contributed by atoms with Crippen molar-refractivity contribution < 1.29 is 0 Å². The fourth-order valence-electron chi connectivity index (χ4n) is 2.72. The Kier molecular flexibility index (Phi) is 12.8. The largest absolute Gasteiger partial charge is 0.119 e. The lowest BCUT2D eigenvalue weighted by Gasteiger charge is -2.28. The van der Waals surface area contributed by atoms with Gasteiger partial charge in [0.25, 0.3) is 0 Å². The molecule has 2 atom stereocenters. The van der Waals surface area contributed by atoms with Gasteiger partial charge in [-0.1, -0.05) is 84.1 Å². The molecule has 0 saturated carbocycles. The lowest BCUT2D eigenvalue weighted by Crippen LogP contribution is -2.25. The van der Waals surface area contributed by atoms with E-state index >= 15 is 0 Å². The van der Waals surface area contributed by atoms with Crippen LogP contribution in [0.1, 0.15) is 97.8 Å². The molecule has 0 radical (unpaired) electrons. The van der Waals surface area contributed by atoms with Crippen molar-refractivity contribution in [3.63, 3.8) is 0 Å². The van der Waals surface area contributed by atoms with Crippen LogP contribution in [0, 0.1) is 5.92 Å². The van der Waals surface area contributed by atoms with Crippen molar-refractivity contribution in [2.75, 3.05) is 0 Å². The second kappa shape index (κ2) is 12.7. The van der Waals surface area contributed by atoms with Gasteiger partial charge in [-0.05, 0) is 25.7 Å². The SMILES string of the molecule is C=CCC(C)(Cl)C(C)CCCCCCCCCCCC. The van der Waals surface area contributed by atoms with E-state index in [1.807, 2.05) is 6.08 Å². The molecule has 0 rings (SSSR count). The summed E-state index contributed by atoms with van der Waals surface area (Å²) < 4.78 is 0. The number of hydrogen-bond donors (Lipinski definition) is 0. The highest BCUT2D eigenvalue weighted by molar-refractivity contribution is 6.23. The zero-order valence-electron chi connectivity index (χ0n) is 14.2. The highest BCUT2D eigenvalue weighted by Crippen LogP contribution is 2.32. The third kappa shape index (κ3) is 10.8. The minimum absolute atomic E-state index is 0.0962. The number of unbranched alkanes of at least 4 members (excludes halogenated alkanes) is 9. The van der Waals surface area contributed by atoms with Crippen LogP contribution in [0.3, 0.4) is 0 Å². The molecule has 0 saturated heterocycles. The smallest absolute Gasteiger partial charge is 0.0478 e. The molecule has 0 fully saturated rings. The first kappa shape index (κ1) is 20.0. The number of rotatable bonds is 14. The van der Waals surface area contributed by atoms with Crippen molar-refractivity contribution in [1.82, 2.24) is 0 Å². The van der Waals surface area contributed by atoms with Gasteiger partial charge >= 0.3 is 0 Å². The van der Waals surface area contributed by atoms with Crippen LogP contribution >= 0.6 is 11.6 Å². The van der Waals surface area contributed by atoms with E-state index in [2.05, 4.69) is 27.4 Å². The van der Waals surface area contributed by atoms with Gasteiger partial charge in [-0.3, -0.25) is 0 Å². The average molecular weight is 301 g/mol. The number of halogens is 1. The van der Waals surface area contributed by atoms with E-state index in [1.54, 1.807) is 0 Å². The third-order valence-corrected chi connectivity index (χ3v) is 5.09. The summed E-state index contributed by atoms with van der Waals surface area (Å²) in [7, 11) is 0. The predicted octanol–water partition coefficient (Wildman–Crippen LogP) is 7.51. The Morgan fingerprint density at radius 3 is 1.85 bits per heavy atom. The van der Waals surface area contributed by atoms with E-state index in [9.17, 15) is 0 Å². The van der Waals surface area contributed by atoms with Gasteiger partial charge in [-0.15, -0.1) is 18.2 Å². The first-order valence-electron chi connectivity index (χ1n) is 8.84. The Balaban J connectivity index is 3.37. The van der Waals surface area contributed by atoms with Crippen LogP contribution in [-0.2, 0) is 0 Å². The molecule has 0 nitrogen and oxygen atoms in total. The van der Waals surface area contributed by atoms with E-state index in [0.717, 1.165) is 6.42 Å². The fourth-order valence-corrected chi connectivity index (χ4v) is 2.94. The monoisotopic (exact) mass is 300 g/mol. The fraction of sp³-hybridized carbons (Fsp3) is 0.895. The standard InChI is InChI=1S/C19H37Cl/c1-5-7-8-9-10-11-12-13-14-15-16-18(3)19(4,20)17-6-2/h6,18H,2,5,7-17H2,1,3-4H3. The summed E-state index contributed by atoms with van der Waals surface area (Å²) in [5, 5.41) is 0. The van der Waals surface area contributed by atoms with Gasteiger partial charge in [0.15, 0.2) is 0 Å². The zero-order chi connectivity index (χ0) is 15.3. The van der Waals surface area contributed by atoms with Gasteiger partial charge in [0.2, 0.25) is 0 Å². The summed E-state index contributed by atoms with van der Waals surface area (Å²) in [6, 6.07) is 0. The highest BCUT2D eigenvalue weighted by Gasteiger charge is 2.26. The Morgan fingerprint density at radius 2 is 1.40 bits per heavy atom. The maximum Gasteiger partial charge on any atom is 0.0478 e. The van der Waals surface area contributed by atoms with E-state index in [0.29, 0.717) is 5.92 Å².